The number of aromatic nitrogens is 3. The highest BCUT2D eigenvalue weighted by Gasteiger charge is 2.43. The summed E-state index contributed by atoms with van der Waals surface area (Å²) in [7, 11) is 3.02. The monoisotopic (exact) mass is 294 g/mol. The van der Waals surface area contributed by atoms with Crippen LogP contribution in [0.15, 0.2) is 9.59 Å². The zero-order valence-corrected chi connectivity index (χ0v) is 12.6. The summed E-state index contributed by atoms with van der Waals surface area (Å²) in [6.07, 6.45) is 4.70. The lowest BCUT2D eigenvalue weighted by atomic mass is 9.71. The van der Waals surface area contributed by atoms with E-state index in [1.165, 1.54) is 11.7 Å². The van der Waals surface area contributed by atoms with Crippen LogP contribution >= 0.6 is 0 Å². The van der Waals surface area contributed by atoms with Crippen molar-refractivity contribution < 1.29 is 5.11 Å². The smallest absolute Gasteiger partial charge is 0.346 e. The highest BCUT2D eigenvalue weighted by molar-refractivity contribution is 5.36. The van der Waals surface area contributed by atoms with Crippen molar-refractivity contribution in [1.82, 2.24) is 14.3 Å². The van der Waals surface area contributed by atoms with E-state index in [-0.39, 0.29) is 11.5 Å². The van der Waals surface area contributed by atoms with Crippen LogP contribution in [0.1, 0.15) is 32.1 Å². The number of piperidine rings is 1. The zero-order valence-electron chi connectivity index (χ0n) is 12.6. The summed E-state index contributed by atoms with van der Waals surface area (Å²) in [5.74, 6) is 0.496. The summed E-state index contributed by atoms with van der Waals surface area (Å²) in [6, 6.07) is 0. The molecular weight excluding hydrogens is 272 g/mol. The summed E-state index contributed by atoms with van der Waals surface area (Å²) in [4.78, 5) is 25.9. The van der Waals surface area contributed by atoms with Crippen LogP contribution in [0.4, 0.5) is 5.82 Å². The Hall–Kier alpha value is -1.63. The number of hydrogen-bond acceptors (Lipinski definition) is 5. The van der Waals surface area contributed by atoms with Crippen LogP contribution in [0.5, 0.6) is 0 Å². The van der Waals surface area contributed by atoms with Gasteiger partial charge in [-0.15, -0.1) is 5.10 Å². The molecule has 0 spiro atoms. The van der Waals surface area contributed by atoms with Crippen molar-refractivity contribution in [3.8, 4) is 0 Å². The quantitative estimate of drug-likeness (QED) is 0.763. The van der Waals surface area contributed by atoms with E-state index >= 15 is 0 Å². The Morgan fingerprint density at radius 2 is 2.00 bits per heavy atom. The molecule has 1 aromatic heterocycles. The first kappa shape index (κ1) is 14.3. The van der Waals surface area contributed by atoms with Gasteiger partial charge in [0.1, 0.15) is 0 Å². The predicted molar refractivity (Wildman–Crippen MR) is 78.5 cm³/mol. The topological polar surface area (TPSA) is 80.4 Å². The van der Waals surface area contributed by atoms with Crippen molar-refractivity contribution in [2.45, 2.75) is 37.7 Å². The summed E-state index contributed by atoms with van der Waals surface area (Å²) >= 11 is 0. The molecule has 2 atom stereocenters. The lowest BCUT2D eigenvalue weighted by molar-refractivity contribution is -0.0614. The molecule has 3 rings (SSSR count). The van der Waals surface area contributed by atoms with Gasteiger partial charge < -0.3 is 10.0 Å². The molecule has 1 aliphatic carbocycles. The van der Waals surface area contributed by atoms with Crippen molar-refractivity contribution in [3.05, 3.63) is 20.8 Å². The number of rotatable bonds is 1. The van der Waals surface area contributed by atoms with Crippen LogP contribution < -0.4 is 16.1 Å². The number of anilines is 1. The SMILES string of the molecule is Cn1nc(N2CCC3(O)CCCCC3C2)c(=O)n(C)c1=O. The van der Waals surface area contributed by atoms with Crippen molar-refractivity contribution >= 4 is 5.82 Å². The normalized spacial score (nSPS) is 29.3. The Bertz CT molecular complexity index is 665. The first-order valence-electron chi connectivity index (χ1n) is 7.54. The fourth-order valence-corrected chi connectivity index (χ4v) is 3.64. The van der Waals surface area contributed by atoms with Crippen LogP contribution in [0.2, 0.25) is 0 Å². The molecule has 1 saturated carbocycles. The number of fused-ring (bicyclic) bond motifs is 1. The summed E-state index contributed by atoms with van der Waals surface area (Å²) in [6.45, 7) is 1.24. The van der Waals surface area contributed by atoms with Gasteiger partial charge in [-0.3, -0.25) is 9.36 Å². The molecule has 2 aliphatic rings. The molecule has 116 valence electrons. The predicted octanol–water partition coefficient (Wildman–Crippen LogP) is -0.390. The van der Waals surface area contributed by atoms with Crippen LogP contribution in [0.25, 0.3) is 0 Å². The highest BCUT2D eigenvalue weighted by atomic mass is 16.3. The first-order valence-corrected chi connectivity index (χ1v) is 7.54. The molecule has 0 amide bonds. The second kappa shape index (κ2) is 4.98. The molecule has 21 heavy (non-hydrogen) atoms. The van der Waals surface area contributed by atoms with Gasteiger partial charge in [-0.25, -0.2) is 9.48 Å². The number of nitrogens with zero attached hydrogens (tertiary/aromatic N) is 4. The molecule has 1 aromatic rings. The maximum absolute atomic E-state index is 12.3. The minimum atomic E-state index is -0.583. The summed E-state index contributed by atoms with van der Waals surface area (Å²) in [5, 5.41) is 14.8. The van der Waals surface area contributed by atoms with Gasteiger partial charge in [-0.2, -0.15) is 0 Å². The molecule has 7 heteroatoms. The van der Waals surface area contributed by atoms with E-state index in [0.717, 1.165) is 30.3 Å². The van der Waals surface area contributed by atoms with Crippen molar-refractivity contribution in [1.29, 1.82) is 0 Å². The Balaban J connectivity index is 1.93. The summed E-state index contributed by atoms with van der Waals surface area (Å²) in [5.41, 5.74) is -1.37. The molecule has 0 bridgehead atoms. The van der Waals surface area contributed by atoms with Gasteiger partial charge in [-0.1, -0.05) is 12.8 Å². The molecule has 1 saturated heterocycles. The van der Waals surface area contributed by atoms with Crippen LogP contribution in [-0.2, 0) is 14.1 Å². The zero-order chi connectivity index (χ0) is 15.2. The lowest BCUT2D eigenvalue weighted by Gasteiger charge is -2.47. The third kappa shape index (κ3) is 2.29. The van der Waals surface area contributed by atoms with E-state index < -0.39 is 11.3 Å². The fourth-order valence-electron chi connectivity index (χ4n) is 3.64. The van der Waals surface area contributed by atoms with Gasteiger partial charge in [0, 0.05) is 33.1 Å². The Morgan fingerprint density at radius 1 is 1.24 bits per heavy atom. The third-order valence-electron chi connectivity index (χ3n) is 5.03. The standard InChI is InChI=1S/C14H22N4O3/c1-16-12(19)11(15-17(2)13(16)20)18-8-7-14(21)6-4-3-5-10(14)9-18/h10,21H,3-9H2,1-2H3. The van der Waals surface area contributed by atoms with Gasteiger partial charge in [0.05, 0.1) is 5.60 Å². The minimum Gasteiger partial charge on any atom is -0.389 e. The van der Waals surface area contributed by atoms with Crippen molar-refractivity contribution in [2.24, 2.45) is 20.0 Å². The Morgan fingerprint density at radius 3 is 2.76 bits per heavy atom. The van der Waals surface area contributed by atoms with Crippen LogP contribution in [0, 0.1) is 5.92 Å². The average Bonchev–Trinajstić information content (AvgIpc) is 2.48. The van der Waals surface area contributed by atoms with Gasteiger partial charge in [0.15, 0.2) is 0 Å². The minimum absolute atomic E-state index is 0.184. The van der Waals surface area contributed by atoms with E-state index in [9.17, 15) is 14.7 Å². The largest absolute Gasteiger partial charge is 0.389 e. The van der Waals surface area contributed by atoms with Crippen molar-refractivity contribution in [2.75, 3.05) is 18.0 Å². The van der Waals surface area contributed by atoms with E-state index in [1.54, 1.807) is 7.05 Å². The molecule has 1 N–H and O–H groups in total. The van der Waals surface area contributed by atoms with E-state index in [1.807, 2.05) is 4.90 Å². The van der Waals surface area contributed by atoms with E-state index in [2.05, 4.69) is 5.10 Å². The first-order chi connectivity index (χ1) is 9.92. The van der Waals surface area contributed by atoms with Gasteiger partial charge in [-0.05, 0) is 19.3 Å². The van der Waals surface area contributed by atoms with Gasteiger partial charge >= 0.3 is 5.69 Å². The molecule has 2 fully saturated rings. The van der Waals surface area contributed by atoms with Crippen molar-refractivity contribution in [3.63, 3.8) is 0 Å². The second-order valence-electron chi connectivity index (χ2n) is 6.34. The highest BCUT2D eigenvalue weighted by Crippen LogP contribution is 2.40. The van der Waals surface area contributed by atoms with Crippen LogP contribution in [-0.4, -0.2) is 38.1 Å². The number of hydrogen-bond donors (Lipinski definition) is 1. The average molecular weight is 294 g/mol. The number of aryl methyl sites for hydroxylation is 1. The molecular formula is C14H22N4O3. The molecule has 1 aliphatic heterocycles. The summed E-state index contributed by atoms with van der Waals surface area (Å²) < 4.78 is 2.28. The Kier molecular flexibility index (Phi) is 3.39. The second-order valence-corrected chi connectivity index (χ2v) is 6.34. The van der Waals surface area contributed by atoms with E-state index in [4.69, 9.17) is 0 Å². The van der Waals surface area contributed by atoms with Gasteiger partial charge in [0.2, 0.25) is 5.82 Å². The number of aliphatic hydroxyl groups is 1. The molecule has 7 nitrogen and oxygen atoms in total. The molecule has 2 heterocycles. The molecule has 0 radical (unpaired) electrons. The lowest BCUT2D eigenvalue weighted by Crippen LogP contribution is -2.55. The molecule has 0 aromatic carbocycles. The molecule has 2 unspecified atom stereocenters. The fraction of sp³-hybridized carbons (Fsp3) is 0.786. The maximum atomic E-state index is 12.3. The maximum Gasteiger partial charge on any atom is 0.346 e. The van der Waals surface area contributed by atoms with Crippen LogP contribution in [0.3, 0.4) is 0 Å². The van der Waals surface area contributed by atoms with E-state index in [0.29, 0.717) is 25.3 Å². The van der Waals surface area contributed by atoms with Gasteiger partial charge in [0.25, 0.3) is 5.56 Å². The third-order valence-corrected chi connectivity index (χ3v) is 5.03. The Labute approximate surface area is 122 Å².